The molecule has 2 atom stereocenters. The molecule has 9 heteroatoms. The van der Waals surface area contributed by atoms with E-state index in [0.717, 1.165) is 19.4 Å². The van der Waals surface area contributed by atoms with Gasteiger partial charge in [-0.2, -0.15) is 0 Å². The van der Waals surface area contributed by atoms with Crippen molar-refractivity contribution in [2.45, 2.75) is 31.5 Å². The van der Waals surface area contributed by atoms with Crippen molar-refractivity contribution >= 4 is 12.1 Å². The van der Waals surface area contributed by atoms with Gasteiger partial charge in [-0.05, 0) is 19.4 Å². The van der Waals surface area contributed by atoms with Gasteiger partial charge in [0.05, 0.1) is 31.9 Å². The molecule has 0 aliphatic carbocycles. The van der Waals surface area contributed by atoms with Gasteiger partial charge in [0.1, 0.15) is 6.10 Å². The minimum absolute atomic E-state index is 0.0131. The Hall–Kier alpha value is -2.16. The van der Waals surface area contributed by atoms with E-state index in [9.17, 15) is 9.59 Å². The number of cyclic esters (lactones) is 1. The Labute approximate surface area is 121 Å². The topological polar surface area (TPSA) is 107 Å². The van der Waals surface area contributed by atoms with Crippen LogP contribution in [-0.2, 0) is 16.0 Å². The van der Waals surface area contributed by atoms with Gasteiger partial charge < -0.3 is 20.1 Å². The highest BCUT2D eigenvalue weighted by molar-refractivity contribution is 5.88. The number of nitrogens with one attached hydrogen (secondary N) is 2. The molecule has 2 unspecified atom stereocenters. The summed E-state index contributed by atoms with van der Waals surface area (Å²) in [6.07, 6.45) is 1.18. The lowest BCUT2D eigenvalue weighted by atomic mass is 10.1. The van der Waals surface area contributed by atoms with E-state index in [1.807, 2.05) is 0 Å². The van der Waals surface area contributed by atoms with Crippen molar-refractivity contribution in [2.24, 2.45) is 0 Å². The fraction of sp³-hybridized carbons (Fsp3) is 0.667. The molecule has 9 nitrogen and oxygen atoms in total. The number of esters is 1. The Morgan fingerprint density at radius 3 is 3.05 bits per heavy atom. The molecule has 21 heavy (non-hydrogen) atoms. The average Bonchev–Trinajstić information content (AvgIpc) is 3.19. The van der Waals surface area contributed by atoms with E-state index in [4.69, 9.17) is 9.47 Å². The smallest absolute Gasteiger partial charge is 0.407 e. The van der Waals surface area contributed by atoms with Gasteiger partial charge in [-0.1, -0.05) is 5.21 Å². The zero-order chi connectivity index (χ0) is 14.8. The summed E-state index contributed by atoms with van der Waals surface area (Å²) in [4.78, 5) is 22.9. The van der Waals surface area contributed by atoms with E-state index in [1.165, 1.54) is 7.11 Å². The van der Waals surface area contributed by atoms with Gasteiger partial charge in [-0.3, -0.25) is 0 Å². The normalized spacial score (nSPS) is 24.7. The van der Waals surface area contributed by atoms with E-state index in [1.54, 1.807) is 4.68 Å². The van der Waals surface area contributed by atoms with E-state index in [-0.39, 0.29) is 17.8 Å². The third kappa shape index (κ3) is 2.68. The van der Waals surface area contributed by atoms with Crippen LogP contribution in [0.25, 0.3) is 0 Å². The molecule has 2 fully saturated rings. The van der Waals surface area contributed by atoms with Crippen LogP contribution in [0.5, 0.6) is 0 Å². The van der Waals surface area contributed by atoms with Crippen LogP contribution >= 0.6 is 0 Å². The molecule has 1 aromatic rings. The molecule has 0 aromatic carbocycles. The van der Waals surface area contributed by atoms with Gasteiger partial charge in [0, 0.05) is 0 Å². The Bertz CT molecular complexity index is 552. The second-order valence-corrected chi connectivity index (χ2v) is 5.05. The Kier molecular flexibility index (Phi) is 3.74. The van der Waals surface area contributed by atoms with Crippen LogP contribution in [0.3, 0.4) is 0 Å². The standard InChI is InChI=1S/C12H17N5O4/c1-20-11(18)9-10(8-3-2-4-13-8)17(16-15-9)6-7-5-14-12(19)21-7/h7-8,13H,2-6H2,1H3,(H,14,19). The summed E-state index contributed by atoms with van der Waals surface area (Å²) in [5.41, 5.74) is 0.913. The van der Waals surface area contributed by atoms with Crippen LogP contribution in [0.4, 0.5) is 4.79 Å². The summed E-state index contributed by atoms with van der Waals surface area (Å²) in [6, 6.07) is 0.0131. The van der Waals surface area contributed by atoms with E-state index >= 15 is 0 Å². The van der Waals surface area contributed by atoms with Gasteiger partial charge in [0.25, 0.3) is 0 Å². The van der Waals surface area contributed by atoms with Gasteiger partial charge in [0.15, 0.2) is 5.69 Å². The largest absolute Gasteiger partial charge is 0.464 e. The van der Waals surface area contributed by atoms with Crippen LogP contribution in [0.1, 0.15) is 35.1 Å². The minimum Gasteiger partial charge on any atom is -0.464 e. The molecule has 114 valence electrons. The maximum absolute atomic E-state index is 11.8. The second kappa shape index (κ2) is 5.68. The highest BCUT2D eigenvalue weighted by Crippen LogP contribution is 2.26. The number of amides is 1. The van der Waals surface area contributed by atoms with Gasteiger partial charge in [0.2, 0.25) is 0 Å². The summed E-state index contributed by atoms with van der Waals surface area (Å²) in [7, 11) is 1.32. The molecule has 2 aliphatic rings. The average molecular weight is 295 g/mol. The Balaban J connectivity index is 1.86. The van der Waals surface area contributed by atoms with Crippen molar-refractivity contribution in [3.05, 3.63) is 11.4 Å². The first-order valence-corrected chi connectivity index (χ1v) is 6.88. The number of aromatic nitrogens is 3. The third-order valence-corrected chi connectivity index (χ3v) is 3.67. The van der Waals surface area contributed by atoms with Crippen LogP contribution in [0.2, 0.25) is 0 Å². The first kappa shape index (κ1) is 13.8. The summed E-state index contributed by atoms with van der Waals surface area (Å²) < 4.78 is 11.5. The van der Waals surface area contributed by atoms with Crippen molar-refractivity contribution in [2.75, 3.05) is 20.2 Å². The van der Waals surface area contributed by atoms with Crippen LogP contribution in [0, 0.1) is 0 Å². The maximum atomic E-state index is 11.8. The zero-order valence-corrected chi connectivity index (χ0v) is 11.7. The molecular formula is C12H17N5O4. The van der Waals surface area contributed by atoms with Crippen molar-refractivity contribution in [3.63, 3.8) is 0 Å². The summed E-state index contributed by atoms with van der Waals surface area (Å²) >= 11 is 0. The number of hydrogen-bond donors (Lipinski definition) is 2. The fourth-order valence-electron chi connectivity index (χ4n) is 2.69. The van der Waals surface area contributed by atoms with Gasteiger partial charge >= 0.3 is 12.1 Å². The lowest BCUT2D eigenvalue weighted by Crippen LogP contribution is -2.26. The van der Waals surface area contributed by atoms with Gasteiger partial charge in [-0.25, -0.2) is 14.3 Å². The molecule has 2 aliphatic heterocycles. The number of ether oxygens (including phenoxy) is 2. The Morgan fingerprint density at radius 1 is 1.57 bits per heavy atom. The number of methoxy groups -OCH3 is 1. The molecule has 3 rings (SSSR count). The molecule has 2 N–H and O–H groups in total. The lowest BCUT2D eigenvalue weighted by molar-refractivity contribution is 0.0591. The predicted molar refractivity (Wildman–Crippen MR) is 69.6 cm³/mol. The molecule has 2 saturated heterocycles. The monoisotopic (exact) mass is 295 g/mol. The van der Waals surface area contributed by atoms with Crippen LogP contribution in [-0.4, -0.2) is 53.4 Å². The Morgan fingerprint density at radius 2 is 2.43 bits per heavy atom. The molecular weight excluding hydrogens is 278 g/mol. The lowest BCUT2D eigenvalue weighted by Gasteiger charge is -2.15. The summed E-state index contributed by atoms with van der Waals surface area (Å²) in [6.45, 7) is 1.66. The maximum Gasteiger partial charge on any atom is 0.407 e. The van der Waals surface area contributed by atoms with Crippen molar-refractivity contribution < 1.29 is 19.1 Å². The first-order valence-electron chi connectivity index (χ1n) is 6.88. The highest BCUT2D eigenvalue weighted by Gasteiger charge is 2.31. The zero-order valence-electron chi connectivity index (χ0n) is 11.7. The van der Waals surface area contributed by atoms with Crippen molar-refractivity contribution in [1.82, 2.24) is 25.6 Å². The van der Waals surface area contributed by atoms with E-state index < -0.39 is 12.1 Å². The molecule has 0 bridgehead atoms. The molecule has 0 radical (unpaired) electrons. The van der Waals surface area contributed by atoms with Crippen LogP contribution in [0.15, 0.2) is 0 Å². The first-order chi connectivity index (χ1) is 10.2. The quantitative estimate of drug-likeness (QED) is 0.727. The summed E-state index contributed by atoms with van der Waals surface area (Å²) in [5.74, 6) is -0.508. The predicted octanol–water partition coefficient (Wildman–Crippen LogP) is -0.402. The highest BCUT2D eigenvalue weighted by atomic mass is 16.6. The van der Waals surface area contributed by atoms with E-state index in [0.29, 0.717) is 18.8 Å². The molecule has 1 amide bonds. The molecule has 0 saturated carbocycles. The fourth-order valence-corrected chi connectivity index (χ4v) is 2.69. The number of alkyl carbamates (subject to hydrolysis) is 1. The van der Waals surface area contributed by atoms with Crippen molar-refractivity contribution in [1.29, 1.82) is 0 Å². The number of nitrogens with zero attached hydrogens (tertiary/aromatic N) is 3. The number of carbonyl (C=O) groups is 2. The number of hydrogen-bond acceptors (Lipinski definition) is 7. The molecule has 0 spiro atoms. The van der Waals surface area contributed by atoms with Crippen LogP contribution < -0.4 is 10.6 Å². The molecule has 3 heterocycles. The van der Waals surface area contributed by atoms with E-state index in [2.05, 4.69) is 20.9 Å². The van der Waals surface area contributed by atoms with Crippen molar-refractivity contribution in [3.8, 4) is 0 Å². The summed E-state index contributed by atoms with van der Waals surface area (Å²) in [5, 5.41) is 13.9. The third-order valence-electron chi connectivity index (χ3n) is 3.67. The molecule has 1 aromatic heterocycles. The second-order valence-electron chi connectivity index (χ2n) is 5.05. The number of carbonyl (C=O) groups excluding carboxylic acids is 2. The minimum atomic E-state index is -0.508. The number of rotatable bonds is 4. The SMILES string of the molecule is COC(=O)c1nnn(CC2CNC(=O)O2)c1C1CCCN1. The van der Waals surface area contributed by atoms with Gasteiger partial charge in [-0.15, -0.1) is 5.10 Å².